The number of methoxy groups -OCH3 is 1. The van der Waals surface area contributed by atoms with Crippen LogP contribution in [0.2, 0.25) is 5.02 Å². The first-order chi connectivity index (χ1) is 14.5. The van der Waals surface area contributed by atoms with Gasteiger partial charge in [0, 0.05) is 11.6 Å². The Kier molecular flexibility index (Phi) is 8.88. The Bertz CT molecular complexity index is 961. The van der Waals surface area contributed by atoms with E-state index < -0.39 is 16.1 Å². The van der Waals surface area contributed by atoms with Crippen molar-refractivity contribution in [3.8, 4) is 5.75 Å². The number of nitrogens with one attached hydrogen (secondary N) is 2. The summed E-state index contributed by atoms with van der Waals surface area (Å²) in [6.45, 7) is 3.91. The van der Waals surface area contributed by atoms with Crippen molar-refractivity contribution in [3.05, 3.63) is 59.1 Å². The van der Waals surface area contributed by atoms with Gasteiger partial charge in [-0.25, -0.2) is 8.42 Å². The van der Waals surface area contributed by atoms with Crippen LogP contribution in [0.15, 0.2) is 53.4 Å². The first-order valence-corrected chi connectivity index (χ1v) is 11.8. The second-order valence-corrected chi connectivity index (χ2v) is 9.95. The van der Waals surface area contributed by atoms with E-state index in [0.717, 1.165) is 11.3 Å². The average molecular weight is 468 g/mol. The Morgan fingerprint density at radius 1 is 1.06 bits per heavy atom. The molecule has 2 rings (SSSR count). The van der Waals surface area contributed by atoms with Crippen LogP contribution in [-0.2, 0) is 14.8 Å². The number of sulfonamides is 1. The third kappa shape index (κ3) is 6.93. The van der Waals surface area contributed by atoms with E-state index in [2.05, 4.69) is 10.0 Å². The largest absolute Gasteiger partial charge is 0.497 e. The van der Waals surface area contributed by atoms with Gasteiger partial charge in [0.2, 0.25) is 15.9 Å². The van der Waals surface area contributed by atoms with Crippen molar-refractivity contribution in [1.82, 2.24) is 14.9 Å². The molecule has 0 saturated carbocycles. The van der Waals surface area contributed by atoms with Crippen LogP contribution in [0.25, 0.3) is 0 Å². The minimum atomic E-state index is -3.87. The number of nitrogens with zero attached hydrogens (tertiary/aromatic N) is 1. The third-order valence-electron chi connectivity index (χ3n) is 4.95. The zero-order chi connectivity index (χ0) is 23.2. The summed E-state index contributed by atoms with van der Waals surface area (Å²) >= 11 is 5.84. The van der Waals surface area contributed by atoms with E-state index in [1.807, 2.05) is 43.3 Å². The van der Waals surface area contributed by atoms with Crippen molar-refractivity contribution >= 4 is 27.5 Å². The lowest BCUT2D eigenvalue weighted by atomic mass is 10.0. The van der Waals surface area contributed by atoms with Gasteiger partial charge in [0.05, 0.1) is 18.0 Å². The lowest BCUT2D eigenvalue weighted by Crippen LogP contribution is -2.50. The number of carbonyl (C=O) groups excluding carboxylic acids is 1. The van der Waals surface area contributed by atoms with Crippen LogP contribution < -0.4 is 14.8 Å². The predicted octanol–water partition coefficient (Wildman–Crippen LogP) is 3.07. The second kappa shape index (κ2) is 10.9. The molecule has 2 atom stereocenters. The van der Waals surface area contributed by atoms with Gasteiger partial charge in [-0.05, 0) is 62.0 Å². The molecule has 170 valence electrons. The average Bonchev–Trinajstić information content (AvgIpc) is 2.72. The maximum absolute atomic E-state index is 12.9. The highest BCUT2D eigenvalue weighted by Gasteiger charge is 2.29. The van der Waals surface area contributed by atoms with Gasteiger partial charge < -0.3 is 15.0 Å². The smallest absolute Gasteiger partial charge is 0.241 e. The number of hydrogen-bond acceptors (Lipinski definition) is 5. The molecular formula is C22H30ClN3O4S. The first kappa shape index (κ1) is 25.1. The topological polar surface area (TPSA) is 87.7 Å². The summed E-state index contributed by atoms with van der Waals surface area (Å²) in [6.07, 6.45) is 0. The summed E-state index contributed by atoms with van der Waals surface area (Å²) in [5.41, 5.74) is 1.01. The number of amides is 1. The highest BCUT2D eigenvalue weighted by Crippen LogP contribution is 2.21. The fourth-order valence-corrected chi connectivity index (χ4v) is 4.54. The molecule has 7 nitrogen and oxygen atoms in total. The zero-order valence-corrected chi connectivity index (χ0v) is 20.0. The lowest BCUT2D eigenvalue weighted by Gasteiger charge is -2.27. The highest BCUT2D eigenvalue weighted by atomic mass is 35.5. The van der Waals surface area contributed by atoms with Crippen LogP contribution in [0.5, 0.6) is 5.75 Å². The minimum Gasteiger partial charge on any atom is -0.497 e. The molecule has 0 saturated heterocycles. The molecule has 0 spiro atoms. The Morgan fingerprint density at radius 2 is 1.65 bits per heavy atom. The van der Waals surface area contributed by atoms with Gasteiger partial charge in [-0.15, -0.1) is 0 Å². The van der Waals surface area contributed by atoms with Crippen LogP contribution in [0, 0.1) is 5.92 Å². The Balaban J connectivity index is 2.12. The number of benzene rings is 2. The molecule has 0 aliphatic rings. The fraction of sp³-hybridized carbons (Fsp3) is 0.409. The number of carbonyl (C=O) groups is 1. The fourth-order valence-electron chi connectivity index (χ4n) is 3.07. The number of hydrogen-bond donors (Lipinski definition) is 2. The molecule has 0 radical (unpaired) electrons. The van der Waals surface area contributed by atoms with Gasteiger partial charge in [0.25, 0.3) is 0 Å². The summed E-state index contributed by atoms with van der Waals surface area (Å²) in [4.78, 5) is 15.0. The van der Waals surface area contributed by atoms with Crippen molar-refractivity contribution in [2.75, 3.05) is 27.7 Å². The Labute approximate surface area is 189 Å². The van der Waals surface area contributed by atoms with E-state index in [1.165, 1.54) is 24.3 Å². The molecular weight excluding hydrogens is 438 g/mol. The molecule has 2 aromatic rings. The number of rotatable bonds is 10. The maximum Gasteiger partial charge on any atom is 0.241 e. The number of ether oxygens (including phenoxy) is 1. The normalized spacial score (nSPS) is 13.8. The molecule has 2 N–H and O–H groups in total. The maximum atomic E-state index is 12.9. The summed E-state index contributed by atoms with van der Waals surface area (Å²) in [5.74, 6) is 0.121. The first-order valence-electron chi connectivity index (χ1n) is 9.91. The van der Waals surface area contributed by atoms with E-state index in [1.54, 1.807) is 21.0 Å². The summed E-state index contributed by atoms with van der Waals surface area (Å²) in [5, 5.41) is 3.33. The third-order valence-corrected chi connectivity index (χ3v) is 6.66. The van der Waals surface area contributed by atoms with Gasteiger partial charge in [-0.3, -0.25) is 4.79 Å². The quantitative estimate of drug-likeness (QED) is 0.560. The zero-order valence-electron chi connectivity index (χ0n) is 18.4. The highest BCUT2D eigenvalue weighted by molar-refractivity contribution is 7.89. The molecule has 0 fully saturated rings. The molecule has 0 aliphatic carbocycles. The summed E-state index contributed by atoms with van der Waals surface area (Å²) in [7, 11) is 1.57. The van der Waals surface area contributed by atoms with Crippen molar-refractivity contribution in [2.24, 2.45) is 5.92 Å². The van der Waals surface area contributed by atoms with E-state index in [0.29, 0.717) is 11.6 Å². The summed E-state index contributed by atoms with van der Waals surface area (Å²) < 4.78 is 33.2. The van der Waals surface area contributed by atoms with Gasteiger partial charge >= 0.3 is 0 Å². The van der Waals surface area contributed by atoms with Crippen LogP contribution in [0.4, 0.5) is 0 Å². The molecule has 0 bridgehead atoms. The van der Waals surface area contributed by atoms with Crippen LogP contribution in [0.1, 0.15) is 25.5 Å². The second-order valence-electron chi connectivity index (χ2n) is 7.79. The van der Waals surface area contributed by atoms with E-state index >= 15 is 0 Å². The molecule has 0 unspecified atom stereocenters. The van der Waals surface area contributed by atoms with Crippen LogP contribution in [-0.4, -0.2) is 53.0 Å². The monoisotopic (exact) mass is 467 g/mol. The molecule has 1 amide bonds. The minimum absolute atomic E-state index is 0.0553. The van der Waals surface area contributed by atoms with Gasteiger partial charge in [-0.1, -0.05) is 37.6 Å². The Morgan fingerprint density at radius 3 is 2.13 bits per heavy atom. The van der Waals surface area contributed by atoms with E-state index in [4.69, 9.17) is 16.3 Å². The van der Waals surface area contributed by atoms with Crippen LogP contribution in [0.3, 0.4) is 0 Å². The van der Waals surface area contributed by atoms with Crippen molar-refractivity contribution < 1.29 is 17.9 Å². The molecule has 2 aromatic carbocycles. The number of likely N-dealkylation sites (N-methyl/N-ethyl adjacent to an activating group) is 1. The van der Waals surface area contributed by atoms with Crippen molar-refractivity contribution in [1.29, 1.82) is 0 Å². The molecule has 0 heterocycles. The van der Waals surface area contributed by atoms with Crippen molar-refractivity contribution in [2.45, 2.75) is 30.8 Å². The van der Waals surface area contributed by atoms with E-state index in [9.17, 15) is 13.2 Å². The molecule has 0 aromatic heterocycles. The number of halogens is 1. The molecule has 31 heavy (non-hydrogen) atoms. The van der Waals surface area contributed by atoms with Crippen molar-refractivity contribution in [3.63, 3.8) is 0 Å². The standard InChI is InChI=1S/C22H30ClN3O4S/c1-15(2)21(25-31(28,29)19-12-8-17(23)9-13-19)22(27)24-14-20(26(3)4)16-6-10-18(30-5)11-7-16/h6-13,15,20-21,25H,14H2,1-5H3,(H,24,27)/t20-,21+/m0/s1. The Hall–Kier alpha value is -2.13. The predicted molar refractivity (Wildman–Crippen MR) is 123 cm³/mol. The lowest BCUT2D eigenvalue weighted by molar-refractivity contribution is -0.123. The van der Waals surface area contributed by atoms with E-state index in [-0.39, 0.29) is 22.8 Å². The van der Waals surface area contributed by atoms with Crippen LogP contribution >= 0.6 is 11.6 Å². The molecule has 9 heteroatoms. The van der Waals surface area contributed by atoms with Gasteiger partial charge in [0.15, 0.2) is 0 Å². The summed E-state index contributed by atoms with van der Waals surface area (Å²) in [6, 6.07) is 12.4. The molecule has 0 aliphatic heterocycles. The van der Waals surface area contributed by atoms with Gasteiger partial charge in [0.1, 0.15) is 11.8 Å². The SMILES string of the molecule is COc1ccc([C@H](CNC(=O)[C@H](NS(=O)(=O)c2ccc(Cl)cc2)C(C)C)N(C)C)cc1. The van der Waals surface area contributed by atoms with Gasteiger partial charge in [-0.2, -0.15) is 4.72 Å².